The van der Waals surface area contributed by atoms with Crippen molar-refractivity contribution in [3.63, 3.8) is 0 Å². The Balaban J connectivity index is 2.51. The molecule has 1 heterocycles. The lowest BCUT2D eigenvalue weighted by Crippen LogP contribution is -2.49. The van der Waals surface area contributed by atoms with Crippen molar-refractivity contribution in [1.29, 1.82) is 0 Å². The highest BCUT2D eigenvalue weighted by Gasteiger charge is 2.18. The second-order valence-corrected chi connectivity index (χ2v) is 9.48. The number of hydrogen-bond donors (Lipinski definition) is 3. The molecule has 1 aliphatic heterocycles. The van der Waals surface area contributed by atoms with E-state index in [-0.39, 0.29) is 12.1 Å². The molecule has 0 spiro atoms. The highest BCUT2D eigenvalue weighted by atomic mass is 16.6. The van der Waals surface area contributed by atoms with Crippen LogP contribution < -0.4 is 16.0 Å². The second kappa shape index (κ2) is 15.3. The van der Waals surface area contributed by atoms with Crippen molar-refractivity contribution in [2.45, 2.75) is 78.4 Å². The standard InChI is InChI=1S/C23H48N6O2/c1-7-9-12-20(19-26-22(30)31-23(3,4)5)27-21(24-8-2)25-13-10-15-29-16-11-14-28(6)17-18-29/h20H,7-19H2,1-6H3,(H,26,30)(H2,24,25,27). The Morgan fingerprint density at radius 2 is 1.87 bits per heavy atom. The molecule has 1 saturated heterocycles. The zero-order valence-electron chi connectivity index (χ0n) is 20.9. The van der Waals surface area contributed by atoms with Gasteiger partial charge in [0.2, 0.25) is 0 Å². The van der Waals surface area contributed by atoms with Crippen molar-refractivity contribution in [1.82, 2.24) is 25.8 Å². The molecule has 0 saturated carbocycles. The topological polar surface area (TPSA) is 81.2 Å². The zero-order valence-corrected chi connectivity index (χ0v) is 20.9. The van der Waals surface area contributed by atoms with Crippen LogP contribution in [0.3, 0.4) is 0 Å². The SMILES string of the molecule is CCCCC(CNC(=O)OC(C)(C)C)NC(=NCCCN1CCCN(C)CC1)NCC. The maximum atomic E-state index is 12.0. The zero-order chi connectivity index (χ0) is 23.1. The van der Waals surface area contributed by atoms with E-state index in [0.717, 1.165) is 64.4 Å². The van der Waals surface area contributed by atoms with Crippen LogP contribution in [0.2, 0.25) is 0 Å². The average Bonchev–Trinajstić information content (AvgIpc) is 2.90. The van der Waals surface area contributed by atoms with Crippen molar-refractivity contribution in [2.75, 3.05) is 59.4 Å². The van der Waals surface area contributed by atoms with Gasteiger partial charge in [-0.05, 0) is 73.6 Å². The molecule has 0 aromatic heterocycles. The molecule has 1 atom stereocenters. The third-order valence-corrected chi connectivity index (χ3v) is 5.20. The molecule has 1 fully saturated rings. The van der Waals surface area contributed by atoms with Gasteiger partial charge in [-0.25, -0.2) is 4.79 Å². The predicted octanol–water partition coefficient (Wildman–Crippen LogP) is 2.65. The van der Waals surface area contributed by atoms with Gasteiger partial charge in [-0.2, -0.15) is 0 Å². The van der Waals surface area contributed by atoms with Crippen LogP contribution >= 0.6 is 0 Å². The summed E-state index contributed by atoms with van der Waals surface area (Å²) in [4.78, 5) is 21.8. The minimum Gasteiger partial charge on any atom is -0.444 e. The van der Waals surface area contributed by atoms with Crippen molar-refractivity contribution >= 4 is 12.1 Å². The quantitative estimate of drug-likeness (QED) is 0.260. The van der Waals surface area contributed by atoms with E-state index in [2.05, 4.69) is 46.6 Å². The number of amides is 1. The number of aliphatic imine (C=N–C) groups is 1. The molecule has 1 aliphatic rings. The average molecular weight is 441 g/mol. The van der Waals surface area contributed by atoms with Gasteiger partial charge in [0.25, 0.3) is 0 Å². The molecule has 182 valence electrons. The van der Waals surface area contributed by atoms with Gasteiger partial charge in [-0.1, -0.05) is 19.8 Å². The fraction of sp³-hybridized carbons (Fsp3) is 0.913. The van der Waals surface area contributed by atoms with Gasteiger partial charge < -0.3 is 30.5 Å². The first-order valence-electron chi connectivity index (χ1n) is 12.2. The Kier molecular flexibility index (Phi) is 13.6. The molecule has 1 amide bonds. The van der Waals surface area contributed by atoms with Gasteiger partial charge in [0.05, 0.1) is 0 Å². The lowest BCUT2D eigenvalue weighted by molar-refractivity contribution is 0.0522. The van der Waals surface area contributed by atoms with Gasteiger partial charge in [-0.3, -0.25) is 4.99 Å². The monoisotopic (exact) mass is 440 g/mol. The van der Waals surface area contributed by atoms with Crippen LogP contribution in [-0.2, 0) is 4.74 Å². The molecule has 31 heavy (non-hydrogen) atoms. The number of rotatable bonds is 11. The van der Waals surface area contributed by atoms with Crippen molar-refractivity contribution < 1.29 is 9.53 Å². The first kappa shape index (κ1) is 27.5. The largest absolute Gasteiger partial charge is 0.444 e. The van der Waals surface area contributed by atoms with Gasteiger partial charge in [0.15, 0.2) is 5.96 Å². The summed E-state index contributed by atoms with van der Waals surface area (Å²) in [5, 5.41) is 9.75. The van der Waals surface area contributed by atoms with Crippen molar-refractivity contribution in [3.8, 4) is 0 Å². The Bertz CT molecular complexity index is 521. The molecular formula is C23H48N6O2. The van der Waals surface area contributed by atoms with Crippen LogP contribution in [0.1, 0.15) is 66.7 Å². The highest BCUT2D eigenvalue weighted by Crippen LogP contribution is 2.07. The summed E-state index contributed by atoms with van der Waals surface area (Å²) in [6.45, 7) is 17.8. The summed E-state index contributed by atoms with van der Waals surface area (Å²) in [5.74, 6) is 0.824. The first-order chi connectivity index (χ1) is 14.7. The van der Waals surface area contributed by atoms with E-state index in [9.17, 15) is 4.79 Å². The summed E-state index contributed by atoms with van der Waals surface area (Å²) < 4.78 is 5.37. The number of guanidine groups is 1. The molecule has 8 nitrogen and oxygen atoms in total. The van der Waals surface area contributed by atoms with E-state index in [4.69, 9.17) is 9.73 Å². The number of nitrogens with one attached hydrogen (secondary N) is 3. The minimum absolute atomic E-state index is 0.117. The molecule has 0 radical (unpaired) electrons. The van der Waals surface area contributed by atoms with E-state index in [1.54, 1.807) is 0 Å². The van der Waals surface area contributed by atoms with Gasteiger partial charge in [0.1, 0.15) is 5.60 Å². The van der Waals surface area contributed by atoms with Crippen LogP contribution in [0, 0.1) is 0 Å². The first-order valence-corrected chi connectivity index (χ1v) is 12.2. The summed E-state index contributed by atoms with van der Waals surface area (Å²) >= 11 is 0. The Morgan fingerprint density at radius 3 is 2.55 bits per heavy atom. The molecule has 0 bridgehead atoms. The molecule has 0 aromatic carbocycles. The fourth-order valence-electron chi connectivity index (χ4n) is 3.52. The molecule has 1 unspecified atom stereocenters. The molecule has 8 heteroatoms. The van der Waals surface area contributed by atoms with E-state index in [1.165, 1.54) is 19.5 Å². The lowest BCUT2D eigenvalue weighted by Gasteiger charge is -2.24. The summed E-state index contributed by atoms with van der Waals surface area (Å²) in [6, 6.07) is 0.117. The maximum Gasteiger partial charge on any atom is 0.407 e. The number of nitrogens with zero attached hydrogens (tertiary/aromatic N) is 3. The fourth-order valence-corrected chi connectivity index (χ4v) is 3.52. The molecule has 3 N–H and O–H groups in total. The summed E-state index contributed by atoms with van der Waals surface area (Å²) in [7, 11) is 2.20. The van der Waals surface area contributed by atoms with Crippen LogP contribution in [0.25, 0.3) is 0 Å². The van der Waals surface area contributed by atoms with Crippen molar-refractivity contribution in [2.24, 2.45) is 4.99 Å². The van der Waals surface area contributed by atoms with Crippen molar-refractivity contribution in [3.05, 3.63) is 0 Å². The lowest BCUT2D eigenvalue weighted by atomic mass is 10.1. The van der Waals surface area contributed by atoms with E-state index < -0.39 is 5.60 Å². The second-order valence-electron chi connectivity index (χ2n) is 9.48. The number of hydrogen-bond acceptors (Lipinski definition) is 5. The van der Waals surface area contributed by atoms with Gasteiger partial charge in [-0.15, -0.1) is 0 Å². The molecular weight excluding hydrogens is 392 g/mol. The summed E-state index contributed by atoms with van der Waals surface area (Å²) in [5.41, 5.74) is -0.490. The summed E-state index contributed by atoms with van der Waals surface area (Å²) in [6.07, 6.45) is 5.10. The van der Waals surface area contributed by atoms with E-state index in [1.807, 2.05) is 20.8 Å². The van der Waals surface area contributed by atoms with Gasteiger partial charge >= 0.3 is 6.09 Å². The van der Waals surface area contributed by atoms with E-state index in [0.29, 0.717) is 6.54 Å². The third kappa shape index (κ3) is 14.2. The number of carbonyl (C=O) groups is 1. The minimum atomic E-state index is -0.490. The molecule has 1 rings (SSSR count). The number of unbranched alkanes of at least 4 members (excludes halogenated alkanes) is 1. The normalized spacial score (nSPS) is 17.7. The molecule has 0 aliphatic carbocycles. The van der Waals surface area contributed by atoms with Crippen LogP contribution in [-0.4, -0.2) is 92.9 Å². The third-order valence-electron chi connectivity index (χ3n) is 5.20. The Morgan fingerprint density at radius 1 is 1.10 bits per heavy atom. The highest BCUT2D eigenvalue weighted by molar-refractivity contribution is 5.80. The number of likely N-dealkylation sites (N-methyl/N-ethyl adjacent to an activating group) is 1. The Hall–Kier alpha value is -1.54. The number of ether oxygens (including phenoxy) is 1. The molecule has 0 aromatic rings. The Labute approximate surface area is 190 Å². The van der Waals surface area contributed by atoms with Gasteiger partial charge in [0, 0.05) is 38.8 Å². The maximum absolute atomic E-state index is 12.0. The number of alkyl carbamates (subject to hydrolysis) is 1. The van der Waals surface area contributed by atoms with E-state index >= 15 is 0 Å². The van der Waals surface area contributed by atoms with Crippen LogP contribution in [0.4, 0.5) is 4.79 Å². The van der Waals surface area contributed by atoms with Crippen LogP contribution in [0.15, 0.2) is 4.99 Å². The smallest absolute Gasteiger partial charge is 0.407 e. The van der Waals surface area contributed by atoms with Crippen LogP contribution in [0.5, 0.6) is 0 Å². The predicted molar refractivity (Wildman–Crippen MR) is 130 cm³/mol. The number of carbonyl (C=O) groups excluding carboxylic acids is 1.